The van der Waals surface area contributed by atoms with E-state index >= 15 is 0 Å². The molecule has 15 aromatic carbocycles. The number of fused-ring (bicyclic) bond motifs is 20. The largest absolute Gasteiger partial charge is 0.312 e. The van der Waals surface area contributed by atoms with E-state index in [-0.39, 0.29) is 31.0 Å². The lowest BCUT2D eigenvalue weighted by Crippen LogP contribution is -2.72. The molecule has 0 amide bonds. The predicted molar refractivity (Wildman–Crippen MR) is 456 cm³/mol. The molecule has 6 aliphatic heterocycles. The maximum atomic E-state index is 2.80. The smallest absolute Gasteiger partial charge is 0.252 e. The Labute approximate surface area is 624 Å². The van der Waals surface area contributed by atoms with Crippen molar-refractivity contribution in [3.05, 3.63) is 333 Å². The number of hydrogen-bond acceptors (Lipinski definition) is 4. The molecule has 0 saturated heterocycles. The molecule has 17 aromatic rings. The van der Waals surface area contributed by atoms with Crippen LogP contribution < -0.4 is 68.8 Å². The number of anilines is 12. The highest BCUT2D eigenvalue weighted by atomic mass is 15.2. The molecule has 0 unspecified atom stereocenters. The van der Waals surface area contributed by atoms with Gasteiger partial charge in [-0.05, 0) is 203 Å². The van der Waals surface area contributed by atoms with Gasteiger partial charge < -0.3 is 28.7 Å². The van der Waals surface area contributed by atoms with Gasteiger partial charge in [0.15, 0.2) is 0 Å². The molecule has 0 atom stereocenters. The van der Waals surface area contributed by atoms with Crippen LogP contribution in [0.1, 0.15) is 52.7 Å². The zero-order chi connectivity index (χ0) is 71.0. The van der Waals surface area contributed by atoms with Crippen molar-refractivity contribution in [3.8, 4) is 33.6 Å². The maximum Gasteiger partial charge on any atom is 0.252 e. The first-order valence-corrected chi connectivity index (χ1v) is 37.9. The molecule has 0 N–H and O–H groups in total. The molecule has 502 valence electrons. The highest BCUT2D eigenvalue weighted by Gasteiger charge is 2.55. The minimum atomic E-state index is -0.181. The van der Waals surface area contributed by atoms with Gasteiger partial charge in [-0.2, -0.15) is 0 Å². The summed E-state index contributed by atoms with van der Waals surface area (Å²) in [6.07, 6.45) is 0. The predicted octanol–water partition coefficient (Wildman–Crippen LogP) is 19.1. The van der Waals surface area contributed by atoms with Crippen LogP contribution in [0, 0.1) is 0 Å². The van der Waals surface area contributed by atoms with Crippen LogP contribution in [0.25, 0.3) is 77.2 Å². The average Bonchev–Trinajstić information content (AvgIpc) is 1.62. The highest BCUT2D eigenvalue weighted by Crippen LogP contribution is 2.53. The molecular formula is C98H71B3N6. The molecule has 0 radical (unpaired) electrons. The van der Waals surface area contributed by atoms with Gasteiger partial charge in [0.1, 0.15) is 0 Å². The summed E-state index contributed by atoms with van der Waals surface area (Å²) in [5.74, 6) is 0. The van der Waals surface area contributed by atoms with Crippen molar-refractivity contribution in [1.29, 1.82) is 0 Å². The Morgan fingerprint density at radius 1 is 0.243 bits per heavy atom. The van der Waals surface area contributed by atoms with Crippen LogP contribution in [-0.2, 0) is 10.8 Å². The molecule has 107 heavy (non-hydrogen) atoms. The summed E-state index contributed by atoms with van der Waals surface area (Å²) in [5.41, 5.74) is 40.4. The zero-order valence-corrected chi connectivity index (χ0v) is 60.5. The van der Waals surface area contributed by atoms with Gasteiger partial charge in [0, 0.05) is 101 Å². The molecule has 0 saturated carbocycles. The molecule has 9 heteroatoms. The van der Waals surface area contributed by atoms with Crippen molar-refractivity contribution in [2.75, 3.05) is 19.6 Å². The first-order chi connectivity index (χ1) is 52.4. The monoisotopic (exact) mass is 1360 g/mol. The lowest BCUT2D eigenvalue weighted by molar-refractivity contribution is 0.590. The Hall–Kier alpha value is -12.7. The maximum absolute atomic E-state index is 2.80. The van der Waals surface area contributed by atoms with E-state index in [2.05, 4.69) is 392 Å². The number of rotatable bonds is 8. The molecule has 0 spiro atoms. The number of nitrogens with zero attached hydrogens (tertiary/aromatic N) is 6. The summed E-state index contributed by atoms with van der Waals surface area (Å²) >= 11 is 0. The summed E-state index contributed by atoms with van der Waals surface area (Å²) in [6, 6.07) is 123. The highest BCUT2D eigenvalue weighted by molar-refractivity contribution is 7.07. The van der Waals surface area contributed by atoms with Gasteiger partial charge in [-0.15, -0.1) is 0 Å². The van der Waals surface area contributed by atoms with Crippen LogP contribution in [0.15, 0.2) is 322 Å². The number of para-hydroxylation sites is 6. The minimum Gasteiger partial charge on any atom is -0.312 e. The third kappa shape index (κ3) is 8.45. The third-order valence-electron chi connectivity index (χ3n) is 24.5. The molecule has 0 fully saturated rings. The van der Waals surface area contributed by atoms with Gasteiger partial charge in [0.05, 0.1) is 22.4 Å². The molecule has 6 aliphatic rings. The van der Waals surface area contributed by atoms with Crippen molar-refractivity contribution in [3.63, 3.8) is 0 Å². The van der Waals surface area contributed by atoms with Crippen molar-refractivity contribution in [2.24, 2.45) is 0 Å². The number of hydrogen-bond donors (Lipinski definition) is 0. The van der Waals surface area contributed by atoms with Crippen LogP contribution in [0.4, 0.5) is 68.2 Å². The van der Waals surface area contributed by atoms with Crippen LogP contribution >= 0.6 is 0 Å². The quantitative estimate of drug-likeness (QED) is 0.141. The van der Waals surface area contributed by atoms with Crippen LogP contribution in [-0.4, -0.2) is 29.3 Å². The van der Waals surface area contributed by atoms with Crippen LogP contribution in [0.3, 0.4) is 0 Å². The lowest BCUT2D eigenvalue weighted by Gasteiger charge is -2.52. The van der Waals surface area contributed by atoms with Crippen molar-refractivity contribution in [1.82, 2.24) is 9.13 Å². The molecule has 6 nitrogen and oxygen atoms in total. The number of aromatic nitrogens is 2. The number of benzene rings is 15. The van der Waals surface area contributed by atoms with E-state index in [0.717, 1.165) is 34.1 Å². The third-order valence-corrected chi connectivity index (χ3v) is 24.5. The Kier molecular flexibility index (Phi) is 12.4. The Morgan fingerprint density at radius 2 is 0.598 bits per heavy atom. The molecule has 23 rings (SSSR count). The first kappa shape index (κ1) is 60.7. The Balaban J connectivity index is 0.898. The molecule has 0 bridgehead atoms. The fourth-order valence-electron chi connectivity index (χ4n) is 19.8. The Morgan fingerprint density at radius 3 is 0.972 bits per heavy atom. The van der Waals surface area contributed by atoms with Crippen LogP contribution in [0.5, 0.6) is 0 Å². The van der Waals surface area contributed by atoms with Gasteiger partial charge in [0.2, 0.25) is 0 Å². The second-order valence-electron chi connectivity index (χ2n) is 32.3. The van der Waals surface area contributed by atoms with Gasteiger partial charge >= 0.3 is 0 Å². The fourth-order valence-corrected chi connectivity index (χ4v) is 19.8. The van der Waals surface area contributed by atoms with Crippen molar-refractivity contribution >= 4 is 181 Å². The van der Waals surface area contributed by atoms with Crippen molar-refractivity contribution in [2.45, 2.75) is 52.4 Å². The topological polar surface area (TPSA) is 22.8 Å². The summed E-state index contributed by atoms with van der Waals surface area (Å²) in [5, 5.41) is 5.01. The first-order valence-electron chi connectivity index (χ1n) is 37.9. The van der Waals surface area contributed by atoms with E-state index in [1.54, 1.807) is 0 Å². The van der Waals surface area contributed by atoms with Gasteiger partial charge in [-0.1, -0.05) is 254 Å². The van der Waals surface area contributed by atoms with Crippen molar-refractivity contribution < 1.29 is 0 Å². The SMILES string of the molecule is CC(C)(C)c1ccc2c(c1)N1c3cc(N(c4ccccc4)c4ccccc4)cc4c3B(c3cc5c6c(c31)B2c1ccc(C(C)(C)C)cc1N6c1cc(N(c2ccccc2)c2ccccc2)cc2c1B5c1cccc3c5cc(-c6ccccc6)ccc5n-2c13)c1cccc2c3cc(-c5ccccc5)ccc3n-4c12. The van der Waals surface area contributed by atoms with E-state index in [0.29, 0.717) is 0 Å². The summed E-state index contributed by atoms with van der Waals surface area (Å²) < 4.78 is 5.33. The van der Waals surface area contributed by atoms with E-state index in [1.807, 2.05) is 0 Å². The summed E-state index contributed by atoms with van der Waals surface area (Å²) in [4.78, 5) is 10.6. The molecule has 2 aromatic heterocycles. The normalized spacial score (nSPS) is 13.6. The molecular weight excluding hydrogens is 1290 g/mol. The van der Waals surface area contributed by atoms with E-state index in [1.165, 1.54) is 172 Å². The van der Waals surface area contributed by atoms with Gasteiger partial charge in [-0.25, -0.2) is 0 Å². The summed E-state index contributed by atoms with van der Waals surface area (Å²) in [6.45, 7) is 13.8. The standard InChI is InChI=1S/C98H71B3N6/c1-97(2,3)64-45-47-76-84(53-64)106-88-57-70(102(66-31-17-9-18-32-66)67-33-19-10-20-34-67)55-86-90(88)100(78-41-25-39-72-74-51-62(60-27-13-7-14-28-60)43-49-82(74)104(86)93(72)78)80-59-81-96-92(95(80)106)99(76)77-48-46-65(98(4,5)6)54-85(77)107(96)89-58-71(103(68-35-21-11-22-36-68)69-37-23-12-24-38-69)56-87-91(89)101(81)79-42-26-40-73-75-52-63(61-29-15-8-16-30-61)44-50-83(75)105(87)94(73)79/h7-59H,1-6H3. The minimum absolute atomic E-state index is 0.146. The van der Waals surface area contributed by atoms with E-state index in [9.17, 15) is 0 Å². The van der Waals surface area contributed by atoms with E-state index in [4.69, 9.17) is 0 Å². The van der Waals surface area contributed by atoms with Gasteiger partial charge in [0.25, 0.3) is 20.1 Å². The zero-order valence-electron chi connectivity index (χ0n) is 60.5. The Bertz CT molecular complexity index is 6200. The molecule has 0 aliphatic carbocycles. The summed E-state index contributed by atoms with van der Waals surface area (Å²) in [7, 11) is 0. The van der Waals surface area contributed by atoms with Gasteiger partial charge in [-0.3, -0.25) is 0 Å². The fraction of sp³-hybridized carbons (Fsp3) is 0.0816. The second kappa shape index (κ2) is 21.9. The van der Waals surface area contributed by atoms with Crippen LogP contribution in [0.2, 0.25) is 0 Å². The molecule has 8 heterocycles. The van der Waals surface area contributed by atoms with E-state index < -0.39 is 0 Å². The average molecular weight is 1370 g/mol. The lowest BCUT2D eigenvalue weighted by atomic mass is 9.26. The second-order valence-corrected chi connectivity index (χ2v) is 32.3.